The predicted octanol–water partition coefficient (Wildman–Crippen LogP) is 4.11. The van der Waals surface area contributed by atoms with Crippen LogP contribution in [0.15, 0.2) is 35.9 Å². The first kappa shape index (κ1) is 17.5. The molecule has 4 heteroatoms. The van der Waals surface area contributed by atoms with Gasteiger partial charge in [-0.25, -0.2) is 4.68 Å². The number of rotatable bonds is 5. The molecule has 132 valence electrons. The molecule has 3 rings (SSSR count). The van der Waals surface area contributed by atoms with E-state index in [-0.39, 0.29) is 5.91 Å². The van der Waals surface area contributed by atoms with Gasteiger partial charge in [-0.3, -0.25) is 4.79 Å². The van der Waals surface area contributed by atoms with Crippen molar-refractivity contribution in [3.8, 4) is 5.69 Å². The van der Waals surface area contributed by atoms with Crippen molar-refractivity contribution in [2.45, 2.75) is 47.1 Å². The van der Waals surface area contributed by atoms with E-state index in [0.717, 1.165) is 22.6 Å². The average molecular weight is 337 g/mol. The maximum atomic E-state index is 12.5. The zero-order valence-electron chi connectivity index (χ0n) is 15.8. The first-order chi connectivity index (χ1) is 11.9. The molecule has 0 aliphatic heterocycles. The first-order valence-corrected chi connectivity index (χ1v) is 8.93. The van der Waals surface area contributed by atoms with Gasteiger partial charge in [0.1, 0.15) is 0 Å². The van der Waals surface area contributed by atoms with Gasteiger partial charge in [-0.2, -0.15) is 5.10 Å². The van der Waals surface area contributed by atoms with E-state index >= 15 is 0 Å². The van der Waals surface area contributed by atoms with Crippen molar-refractivity contribution in [3.63, 3.8) is 0 Å². The fourth-order valence-electron chi connectivity index (χ4n) is 3.22. The van der Waals surface area contributed by atoms with Crippen LogP contribution in [0.25, 0.3) is 5.69 Å². The van der Waals surface area contributed by atoms with Crippen molar-refractivity contribution < 1.29 is 4.79 Å². The number of aryl methyl sites for hydroxylation is 2. The number of hydrogen-bond acceptors (Lipinski definition) is 2. The highest BCUT2D eigenvalue weighted by atomic mass is 16.2. The summed E-state index contributed by atoms with van der Waals surface area (Å²) in [5.74, 6) is 0.705. The van der Waals surface area contributed by atoms with E-state index in [1.54, 1.807) is 11.0 Å². The molecule has 1 saturated carbocycles. The van der Waals surface area contributed by atoms with Crippen LogP contribution in [0.3, 0.4) is 0 Å². The van der Waals surface area contributed by atoms with Crippen LogP contribution >= 0.6 is 0 Å². The summed E-state index contributed by atoms with van der Waals surface area (Å²) in [5.41, 5.74) is 6.68. The molecule has 1 aromatic heterocycles. The van der Waals surface area contributed by atoms with Gasteiger partial charge in [-0.1, -0.05) is 23.8 Å². The fourth-order valence-corrected chi connectivity index (χ4v) is 3.22. The minimum absolute atomic E-state index is 0.0758. The van der Waals surface area contributed by atoms with Gasteiger partial charge in [0.05, 0.1) is 11.4 Å². The number of benzene rings is 1. The standard InChI is InChI=1S/C21H27N3O/c1-14-8-6-7-9-20(14)24-17(4)19(16(3)22-24)13-23(5)21(25)12-15(2)18-10-11-18/h6-9,12,18H,10-11,13H2,1-5H3. The lowest BCUT2D eigenvalue weighted by atomic mass is 10.1. The van der Waals surface area contributed by atoms with Gasteiger partial charge in [0.15, 0.2) is 0 Å². The lowest BCUT2D eigenvalue weighted by molar-refractivity contribution is -0.125. The first-order valence-electron chi connectivity index (χ1n) is 8.93. The molecule has 1 aliphatic carbocycles. The van der Waals surface area contributed by atoms with Crippen LogP contribution in [0.5, 0.6) is 0 Å². The van der Waals surface area contributed by atoms with Crippen LogP contribution in [0.2, 0.25) is 0 Å². The number of nitrogens with zero attached hydrogens (tertiary/aromatic N) is 3. The molecule has 1 aliphatic rings. The van der Waals surface area contributed by atoms with Crippen molar-refractivity contribution in [2.75, 3.05) is 7.05 Å². The maximum Gasteiger partial charge on any atom is 0.246 e. The number of hydrogen-bond donors (Lipinski definition) is 0. The Morgan fingerprint density at radius 2 is 1.96 bits per heavy atom. The molecular formula is C21H27N3O. The molecule has 2 aromatic rings. The van der Waals surface area contributed by atoms with Gasteiger partial charge in [0, 0.05) is 30.9 Å². The van der Waals surface area contributed by atoms with Gasteiger partial charge < -0.3 is 4.90 Å². The van der Waals surface area contributed by atoms with Crippen LogP contribution in [0.4, 0.5) is 0 Å². The van der Waals surface area contributed by atoms with E-state index in [1.165, 1.54) is 24.0 Å². The van der Waals surface area contributed by atoms with Crippen molar-refractivity contribution >= 4 is 5.91 Å². The molecule has 0 radical (unpaired) electrons. The number of aromatic nitrogens is 2. The van der Waals surface area contributed by atoms with Crippen LogP contribution < -0.4 is 0 Å². The fraction of sp³-hybridized carbons (Fsp3) is 0.429. The molecule has 0 saturated heterocycles. The zero-order chi connectivity index (χ0) is 18.1. The summed E-state index contributed by atoms with van der Waals surface area (Å²) >= 11 is 0. The monoisotopic (exact) mass is 337 g/mol. The molecule has 1 fully saturated rings. The quantitative estimate of drug-likeness (QED) is 0.770. The highest BCUT2D eigenvalue weighted by Gasteiger charge is 2.24. The lowest BCUT2D eigenvalue weighted by Gasteiger charge is -2.16. The van der Waals surface area contributed by atoms with Crippen LogP contribution in [-0.4, -0.2) is 27.6 Å². The van der Waals surface area contributed by atoms with E-state index in [9.17, 15) is 4.79 Å². The molecule has 0 bridgehead atoms. The number of carbonyl (C=O) groups is 1. The minimum Gasteiger partial charge on any atom is -0.338 e. The van der Waals surface area contributed by atoms with Crippen LogP contribution in [0, 0.1) is 26.7 Å². The normalized spacial score (nSPS) is 14.7. The number of allylic oxidation sites excluding steroid dienone is 1. The Morgan fingerprint density at radius 1 is 1.28 bits per heavy atom. The second kappa shape index (κ2) is 6.87. The van der Waals surface area contributed by atoms with Crippen LogP contribution in [0.1, 0.15) is 42.3 Å². The molecule has 1 amide bonds. The third kappa shape index (κ3) is 3.68. The Hall–Kier alpha value is -2.36. The molecule has 25 heavy (non-hydrogen) atoms. The molecule has 1 aromatic carbocycles. The van der Waals surface area contributed by atoms with E-state index < -0.39 is 0 Å². The summed E-state index contributed by atoms with van der Waals surface area (Å²) in [4.78, 5) is 14.2. The minimum atomic E-state index is 0.0758. The Labute approximate surface area is 150 Å². The lowest BCUT2D eigenvalue weighted by Crippen LogP contribution is -2.25. The number of para-hydroxylation sites is 1. The van der Waals surface area contributed by atoms with E-state index in [1.807, 2.05) is 30.8 Å². The highest BCUT2D eigenvalue weighted by Crippen LogP contribution is 2.36. The second-order valence-corrected chi connectivity index (χ2v) is 7.20. The van der Waals surface area contributed by atoms with Crippen molar-refractivity contribution in [1.29, 1.82) is 0 Å². The third-order valence-corrected chi connectivity index (χ3v) is 5.13. The van der Waals surface area contributed by atoms with Crippen LogP contribution in [-0.2, 0) is 11.3 Å². The SMILES string of the molecule is CC(=CC(=O)N(C)Cc1c(C)nn(-c2ccccc2C)c1C)C1CC1. The molecule has 1 heterocycles. The molecule has 0 N–H and O–H groups in total. The van der Waals surface area contributed by atoms with Gasteiger partial charge in [0.25, 0.3) is 0 Å². The van der Waals surface area contributed by atoms with Gasteiger partial charge in [-0.05, 0) is 58.1 Å². The number of likely N-dealkylation sites (N-methyl/N-ethyl adjacent to an activating group) is 1. The summed E-state index contributed by atoms with van der Waals surface area (Å²) in [6, 6.07) is 8.23. The third-order valence-electron chi connectivity index (χ3n) is 5.13. The van der Waals surface area contributed by atoms with Crippen molar-refractivity contribution in [2.24, 2.45) is 5.92 Å². The van der Waals surface area contributed by atoms with E-state index in [4.69, 9.17) is 5.10 Å². The number of amides is 1. The van der Waals surface area contributed by atoms with E-state index in [0.29, 0.717) is 12.5 Å². The largest absolute Gasteiger partial charge is 0.338 e. The summed E-state index contributed by atoms with van der Waals surface area (Å²) in [5, 5.41) is 4.72. The molecular weight excluding hydrogens is 310 g/mol. The average Bonchev–Trinajstić information content (AvgIpc) is 3.38. The highest BCUT2D eigenvalue weighted by molar-refractivity contribution is 5.88. The Bertz CT molecular complexity index is 828. The predicted molar refractivity (Wildman–Crippen MR) is 101 cm³/mol. The summed E-state index contributed by atoms with van der Waals surface area (Å²) in [6.07, 6.45) is 4.25. The summed E-state index contributed by atoms with van der Waals surface area (Å²) in [7, 11) is 1.86. The van der Waals surface area contributed by atoms with Crippen molar-refractivity contribution in [3.05, 3.63) is 58.4 Å². The molecule has 0 unspecified atom stereocenters. The summed E-state index contributed by atoms with van der Waals surface area (Å²) < 4.78 is 1.99. The second-order valence-electron chi connectivity index (χ2n) is 7.20. The zero-order valence-corrected chi connectivity index (χ0v) is 15.8. The topological polar surface area (TPSA) is 38.1 Å². The number of carbonyl (C=O) groups excluding carboxylic acids is 1. The molecule has 4 nitrogen and oxygen atoms in total. The molecule has 0 atom stereocenters. The Morgan fingerprint density at radius 3 is 2.60 bits per heavy atom. The Balaban J connectivity index is 1.82. The smallest absolute Gasteiger partial charge is 0.246 e. The van der Waals surface area contributed by atoms with Gasteiger partial charge in [0.2, 0.25) is 5.91 Å². The van der Waals surface area contributed by atoms with Gasteiger partial charge in [-0.15, -0.1) is 0 Å². The molecule has 0 spiro atoms. The van der Waals surface area contributed by atoms with E-state index in [2.05, 4.69) is 32.9 Å². The summed E-state index contributed by atoms with van der Waals surface area (Å²) in [6.45, 7) is 8.82. The van der Waals surface area contributed by atoms with Gasteiger partial charge >= 0.3 is 0 Å². The van der Waals surface area contributed by atoms with Crippen molar-refractivity contribution in [1.82, 2.24) is 14.7 Å². The Kier molecular flexibility index (Phi) is 4.80. The maximum absolute atomic E-state index is 12.5.